The molecule has 1 atom stereocenters. The maximum absolute atomic E-state index is 12.7. The summed E-state index contributed by atoms with van der Waals surface area (Å²) in [5.41, 5.74) is 6.56. The van der Waals surface area contributed by atoms with Crippen LogP contribution in [0, 0.1) is 5.82 Å². The zero-order valence-corrected chi connectivity index (χ0v) is 8.64. The van der Waals surface area contributed by atoms with E-state index in [2.05, 4.69) is 0 Å². The molecule has 0 aliphatic rings. The predicted octanol–water partition coefficient (Wildman–Crippen LogP) is 2.02. The second-order valence-corrected chi connectivity index (χ2v) is 3.03. The van der Waals surface area contributed by atoms with Crippen molar-refractivity contribution in [2.45, 2.75) is 18.9 Å². The van der Waals surface area contributed by atoms with E-state index < -0.39 is 0 Å². The average molecular weight is 220 g/mol. The molecular formula is C10H15ClFNO. The van der Waals surface area contributed by atoms with E-state index in [-0.39, 0.29) is 30.9 Å². The van der Waals surface area contributed by atoms with Crippen molar-refractivity contribution in [3.63, 3.8) is 0 Å². The Hall–Kier alpha value is -0.640. The molecule has 0 heterocycles. The van der Waals surface area contributed by atoms with Gasteiger partial charge in [0, 0.05) is 12.6 Å². The van der Waals surface area contributed by atoms with Gasteiger partial charge in [0.2, 0.25) is 0 Å². The van der Waals surface area contributed by atoms with Crippen LogP contribution >= 0.6 is 12.4 Å². The van der Waals surface area contributed by atoms with Crippen LogP contribution in [-0.2, 0) is 0 Å². The molecule has 0 aromatic heterocycles. The lowest BCUT2D eigenvalue weighted by molar-refractivity contribution is 0.280. The van der Waals surface area contributed by atoms with Crippen LogP contribution in [0.5, 0.6) is 0 Å². The van der Waals surface area contributed by atoms with E-state index in [1.54, 1.807) is 12.1 Å². The highest BCUT2D eigenvalue weighted by Crippen LogP contribution is 2.15. The first-order valence-electron chi connectivity index (χ1n) is 4.36. The molecule has 1 rings (SSSR count). The molecule has 4 heteroatoms. The minimum absolute atomic E-state index is 0. The number of aliphatic hydroxyl groups is 1. The van der Waals surface area contributed by atoms with Gasteiger partial charge in [-0.3, -0.25) is 0 Å². The molecule has 1 aromatic carbocycles. The van der Waals surface area contributed by atoms with Crippen molar-refractivity contribution in [3.05, 3.63) is 35.6 Å². The Morgan fingerprint density at radius 2 is 2.14 bits per heavy atom. The predicted molar refractivity (Wildman–Crippen MR) is 56.9 cm³/mol. The molecule has 0 amide bonds. The largest absolute Gasteiger partial charge is 0.396 e. The van der Waals surface area contributed by atoms with Gasteiger partial charge in [0.05, 0.1) is 0 Å². The number of hydrogen-bond donors (Lipinski definition) is 2. The second kappa shape index (κ2) is 6.76. The van der Waals surface area contributed by atoms with Crippen molar-refractivity contribution < 1.29 is 9.50 Å². The third-order valence-electron chi connectivity index (χ3n) is 1.95. The molecule has 0 spiro atoms. The van der Waals surface area contributed by atoms with Crippen LogP contribution in [0.4, 0.5) is 4.39 Å². The smallest absolute Gasteiger partial charge is 0.123 e. The summed E-state index contributed by atoms with van der Waals surface area (Å²) < 4.78 is 12.7. The van der Waals surface area contributed by atoms with Crippen LogP contribution in [0.1, 0.15) is 24.4 Å². The molecule has 0 radical (unpaired) electrons. The molecule has 0 saturated carbocycles. The first kappa shape index (κ1) is 13.4. The highest BCUT2D eigenvalue weighted by atomic mass is 35.5. The van der Waals surface area contributed by atoms with E-state index in [0.717, 1.165) is 5.56 Å². The number of aliphatic hydroxyl groups excluding tert-OH is 1. The van der Waals surface area contributed by atoms with Gasteiger partial charge in [-0.05, 0) is 30.5 Å². The lowest BCUT2D eigenvalue weighted by Gasteiger charge is -2.10. The van der Waals surface area contributed by atoms with Gasteiger partial charge >= 0.3 is 0 Å². The Morgan fingerprint density at radius 3 is 2.71 bits per heavy atom. The highest BCUT2D eigenvalue weighted by Gasteiger charge is 2.05. The fourth-order valence-electron chi connectivity index (χ4n) is 1.22. The summed E-state index contributed by atoms with van der Waals surface area (Å²) in [7, 11) is 0. The number of nitrogens with two attached hydrogens (primary N) is 1. The van der Waals surface area contributed by atoms with Crippen molar-refractivity contribution in [3.8, 4) is 0 Å². The zero-order valence-electron chi connectivity index (χ0n) is 7.82. The Bertz CT molecular complexity index is 270. The van der Waals surface area contributed by atoms with Crippen LogP contribution in [-0.4, -0.2) is 11.7 Å². The average Bonchev–Trinajstić information content (AvgIpc) is 2.14. The Kier molecular flexibility index (Phi) is 6.45. The summed E-state index contributed by atoms with van der Waals surface area (Å²) in [5.74, 6) is -0.267. The maximum atomic E-state index is 12.7. The van der Waals surface area contributed by atoms with Crippen LogP contribution in [0.25, 0.3) is 0 Å². The van der Waals surface area contributed by atoms with Gasteiger partial charge < -0.3 is 10.8 Å². The number of halogens is 2. The van der Waals surface area contributed by atoms with Gasteiger partial charge in [-0.25, -0.2) is 4.39 Å². The molecule has 14 heavy (non-hydrogen) atoms. The molecule has 0 saturated heterocycles. The van der Waals surface area contributed by atoms with Crippen molar-refractivity contribution in [1.29, 1.82) is 0 Å². The van der Waals surface area contributed by atoms with Crippen molar-refractivity contribution in [2.24, 2.45) is 5.73 Å². The molecule has 0 aliphatic carbocycles. The molecule has 0 bridgehead atoms. The summed E-state index contributed by atoms with van der Waals surface area (Å²) in [6.45, 7) is 0.128. The van der Waals surface area contributed by atoms with Gasteiger partial charge in [-0.2, -0.15) is 0 Å². The molecule has 0 unspecified atom stereocenters. The van der Waals surface area contributed by atoms with Gasteiger partial charge in [0.15, 0.2) is 0 Å². The Morgan fingerprint density at radius 1 is 1.43 bits per heavy atom. The van der Waals surface area contributed by atoms with Gasteiger partial charge in [-0.15, -0.1) is 12.4 Å². The number of hydrogen-bond acceptors (Lipinski definition) is 2. The fourth-order valence-corrected chi connectivity index (χ4v) is 1.22. The monoisotopic (exact) mass is 219 g/mol. The normalized spacial score (nSPS) is 11.9. The van der Waals surface area contributed by atoms with Gasteiger partial charge in [0.25, 0.3) is 0 Å². The van der Waals surface area contributed by atoms with E-state index >= 15 is 0 Å². The molecule has 80 valence electrons. The van der Waals surface area contributed by atoms with E-state index in [1.165, 1.54) is 12.1 Å². The summed E-state index contributed by atoms with van der Waals surface area (Å²) in [4.78, 5) is 0. The molecule has 0 aliphatic heterocycles. The lowest BCUT2D eigenvalue weighted by Crippen LogP contribution is -2.10. The van der Waals surface area contributed by atoms with Crippen molar-refractivity contribution >= 4 is 12.4 Å². The maximum Gasteiger partial charge on any atom is 0.123 e. The minimum Gasteiger partial charge on any atom is -0.396 e. The zero-order chi connectivity index (χ0) is 9.68. The third kappa shape index (κ3) is 4.05. The SMILES string of the molecule is Cl.N[C@H](CCCO)c1cccc(F)c1. The lowest BCUT2D eigenvalue weighted by atomic mass is 10.0. The summed E-state index contributed by atoms with van der Waals surface area (Å²) >= 11 is 0. The number of benzene rings is 1. The van der Waals surface area contributed by atoms with Crippen LogP contribution < -0.4 is 5.73 Å². The second-order valence-electron chi connectivity index (χ2n) is 3.03. The Labute approximate surface area is 89.3 Å². The number of rotatable bonds is 4. The molecule has 3 N–H and O–H groups in total. The first-order valence-corrected chi connectivity index (χ1v) is 4.36. The Balaban J connectivity index is 0.00000169. The first-order chi connectivity index (χ1) is 6.24. The van der Waals surface area contributed by atoms with Gasteiger partial charge in [0.1, 0.15) is 5.82 Å². The standard InChI is InChI=1S/C10H14FNO.ClH/c11-9-4-1-3-8(7-9)10(12)5-2-6-13;/h1,3-4,7,10,13H,2,5-6,12H2;1H/t10-;/m1./s1. The minimum atomic E-state index is -0.267. The summed E-state index contributed by atoms with van der Waals surface area (Å²) in [6.07, 6.45) is 1.33. The van der Waals surface area contributed by atoms with Crippen LogP contribution in [0.3, 0.4) is 0 Å². The molecule has 0 fully saturated rings. The van der Waals surface area contributed by atoms with E-state index in [4.69, 9.17) is 10.8 Å². The summed E-state index contributed by atoms with van der Waals surface area (Å²) in [5, 5.41) is 8.59. The topological polar surface area (TPSA) is 46.2 Å². The third-order valence-corrected chi connectivity index (χ3v) is 1.95. The van der Waals surface area contributed by atoms with Crippen LogP contribution in [0.15, 0.2) is 24.3 Å². The molecular weight excluding hydrogens is 205 g/mol. The summed E-state index contributed by atoms with van der Waals surface area (Å²) in [6, 6.07) is 6.08. The fraction of sp³-hybridized carbons (Fsp3) is 0.400. The van der Waals surface area contributed by atoms with E-state index in [0.29, 0.717) is 12.8 Å². The van der Waals surface area contributed by atoms with E-state index in [9.17, 15) is 4.39 Å². The molecule has 1 aromatic rings. The van der Waals surface area contributed by atoms with Crippen molar-refractivity contribution in [1.82, 2.24) is 0 Å². The quantitative estimate of drug-likeness (QED) is 0.814. The van der Waals surface area contributed by atoms with Crippen LogP contribution in [0.2, 0.25) is 0 Å². The van der Waals surface area contributed by atoms with E-state index in [1.807, 2.05) is 0 Å². The molecule has 2 nitrogen and oxygen atoms in total. The highest BCUT2D eigenvalue weighted by molar-refractivity contribution is 5.85. The van der Waals surface area contributed by atoms with Crippen molar-refractivity contribution in [2.75, 3.05) is 6.61 Å². The van der Waals surface area contributed by atoms with Gasteiger partial charge in [-0.1, -0.05) is 12.1 Å².